The maximum atomic E-state index is 12.9. The Morgan fingerprint density at radius 2 is 1.80 bits per heavy atom. The van der Waals surface area contributed by atoms with Crippen molar-refractivity contribution in [1.29, 1.82) is 0 Å². The summed E-state index contributed by atoms with van der Waals surface area (Å²) in [6, 6.07) is 12.4. The van der Waals surface area contributed by atoms with Gasteiger partial charge in [-0.1, -0.05) is 18.2 Å². The summed E-state index contributed by atoms with van der Waals surface area (Å²) in [5, 5.41) is 2.94. The lowest BCUT2D eigenvalue weighted by Crippen LogP contribution is -2.46. The second kappa shape index (κ2) is 9.82. The van der Waals surface area contributed by atoms with E-state index in [9.17, 15) is 18.8 Å². The molecule has 1 N–H and O–H groups in total. The summed E-state index contributed by atoms with van der Waals surface area (Å²) < 4.78 is 17.9. The Hall–Kier alpha value is -3.48. The fourth-order valence-corrected chi connectivity index (χ4v) is 3.26. The number of rotatable bonds is 5. The molecule has 0 bridgehead atoms. The van der Waals surface area contributed by atoms with E-state index in [0.29, 0.717) is 37.2 Å². The van der Waals surface area contributed by atoms with Crippen LogP contribution in [0.2, 0.25) is 0 Å². The van der Waals surface area contributed by atoms with Gasteiger partial charge in [-0.05, 0) is 54.8 Å². The first-order valence-electron chi connectivity index (χ1n) is 9.72. The average Bonchev–Trinajstić information content (AvgIpc) is 2.73. The summed E-state index contributed by atoms with van der Waals surface area (Å²) >= 11 is 0. The molecule has 0 aliphatic carbocycles. The Morgan fingerprint density at radius 3 is 2.47 bits per heavy atom. The number of nitrogens with zero attached hydrogens (tertiary/aromatic N) is 1. The lowest BCUT2D eigenvalue weighted by molar-refractivity contribution is -0.131. The largest absolute Gasteiger partial charge is 0.427 e. The van der Waals surface area contributed by atoms with E-state index in [0.717, 1.165) is 5.56 Å². The molecule has 1 heterocycles. The van der Waals surface area contributed by atoms with Gasteiger partial charge in [-0.15, -0.1) is 0 Å². The van der Waals surface area contributed by atoms with Crippen molar-refractivity contribution in [3.05, 3.63) is 71.6 Å². The van der Waals surface area contributed by atoms with Crippen LogP contribution in [0.15, 0.2) is 54.6 Å². The normalized spacial score (nSPS) is 14.5. The minimum atomic E-state index is -0.440. The SMILES string of the molecule is CC(=O)Oc1cccc(C(=O)N2CCC(NC(=O)/C=C/c3ccc(F)cc3)CC2)c1. The van der Waals surface area contributed by atoms with Crippen LogP contribution in [-0.4, -0.2) is 41.8 Å². The fourth-order valence-electron chi connectivity index (χ4n) is 3.26. The molecule has 0 aromatic heterocycles. The number of carbonyl (C=O) groups is 3. The molecule has 3 rings (SSSR count). The standard InChI is InChI=1S/C23H23FN2O4/c1-16(27)30-21-4-2-3-18(15-21)23(29)26-13-11-20(12-14-26)25-22(28)10-7-17-5-8-19(24)9-6-17/h2-10,15,20H,11-14H2,1H3,(H,25,28)/b10-7+. The number of likely N-dealkylation sites (tertiary alicyclic amines) is 1. The highest BCUT2D eigenvalue weighted by atomic mass is 19.1. The predicted molar refractivity (Wildman–Crippen MR) is 110 cm³/mol. The van der Waals surface area contributed by atoms with Gasteiger partial charge >= 0.3 is 5.97 Å². The van der Waals surface area contributed by atoms with E-state index in [2.05, 4.69) is 5.32 Å². The first kappa shape index (κ1) is 21.2. The molecule has 30 heavy (non-hydrogen) atoms. The lowest BCUT2D eigenvalue weighted by atomic mass is 10.0. The van der Waals surface area contributed by atoms with E-state index in [1.54, 1.807) is 47.4 Å². The van der Waals surface area contributed by atoms with Crippen LogP contribution < -0.4 is 10.1 Å². The van der Waals surface area contributed by atoms with Crippen LogP contribution in [0.5, 0.6) is 5.75 Å². The van der Waals surface area contributed by atoms with E-state index in [4.69, 9.17) is 4.74 Å². The number of piperidine rings is 1. The van der Waals surface area contributed by atoms with Gasteiger partial charge < -0.3 is 15.0 Å². The van der Waals surface area contributed by atoms with Crippen molar-refractivity contribution >= 4 is 23.9 Å². The summed E-state index contributed by atoms with van der Waals surface area (Å²) in [5.41, 5.74) is 1.20. The molecule has 0 saturated carbocycles. The van der Waals surface area contributed by atoms with Gasteiger partial charge in [0.05, 0.1) is 0 Å². The summed E-state index contributed by atoms with van der Waals surface area (Å²) in [7, 11) is 0. The van der Waals surface area contributed by atoms with Crippen LogP contribution in [0.25, 0.3) is 6.08 Å². The summed E-state index contributed by atoms with van der Waals surface area (Å²) in [4.78, 5) is 37.6. The van der Waals surface area contributed by atoms with E-state index < -0.39 is 5.97 Å². The van der Waals surface area contributed by atoms with Gasteiger partial charge in [-0.2, -0.15) is 0 Å². The van der Waals surface area contributed by atoms with Gasteiger partial charge in [0, 0.05) is 37.7 Å². The van der Waals surface area contributed by atoms with Crippen molar-refractivity contribution in [3.63, 3.8) is 0 Å². The third-order valence-corrected chi connectivity index (χ3v) is 4.77. The highest BCUT2D eigenvalue weighted by Gasteiger charge is 2.24. The molecule has 1 aliphatic heterocycles. The van der Waals surface area contributed by atoms with Crippen molar-refractivity contribution in [2.45, 2.75) is 25.8 Å². The van der Waals surface area contributed by atoms with Gasteiger partial charge in [-0.3, -0.25) is 14.4 Å². The highest BCUT2D eigenvalue weighted by Crippen LogP contribution is 2.18. The van der Waals surface area contributed by atoms with Crippen LogP contribution in [0, 0.1) is 5.82 Å². The van der Waals surface area contributed by atoms with E-state index in [-0.39, 0.29) is 23.7 Å². The van der Waals surface area contributed by atoms with Crippen molar-refractivity contribution in [2.24, 2.45) is 0 Å². The second-order valence-electron chi connectivity index (χ2n) is 7.08. The topological polar surface area (TPSA) is 75.7 Å². The summed E-state index contributed by atoms with van der Waals surface area (Å²) in [5.74, 6) is -0.785. The molecule has 0 radical (unpaired) electrons. The van der Waals surface area contributed by atoms with E-state index in [1.165, 1.54) is 25.1 Å². The number of ether oxygens (including phenoxy) is 1. The molecule has 1 saturated heterocycles. The Labute approximate surface area is 174 Å². The molecule has 6 nitrogen and oxygen atoms in total. The maximum Gasteiger partial charge on any atom is 0.308 e. The van der Waals surface area contributed by atoms with Gasteiger partial charge in [0.25, 0.3) is 5.91 Å². The molecule has 7 heteroatoms. The molecular weight excluding hydrogens is 387 g/mol. The number of halogens is 1. The van der Waals surface area contributed by atoms with Crippen molar-refractivity contribution in [2.75, 3.05) is 13.1 Å². The Balaban J connectivity index is 1.49. The maximum absolute atomic E-state index is 12.9. The second-order valence-corrected chi connectivity index (χ2v) is 7.08. The molecule has 0 spiro atoms. The number of amides is 2. The smallest absolute Gasteiger partial charge is 0.308 e. The minimum Gasteiger partial charge on any atom is -0.427 e. The number of nitrogens with one attached hydrogen (secondary N) is 1. The molecule has 2 aromatic carbocycles. The minimum absolute atomic E-state index is 0.0215. The quantitative estimate of drug-likeness (QED) is 0.467. The molecule has 1 aliphatic rings. The van der Waals surface area contributed by atoms with E-state index in [1.807, 2.05) is 0 Å². The van der Waals surface area contributed by atoms with Crippen LogP contribution in [0.3, 0.4) is 0 Å². The zero-order chi connectivity index (χ0) is 21.5. The molecule has 2 aromatic rings. The van der Waals surface area contributed by atoms with Crippen LogP contribution in [0.1, 0.15) is 35.7 Å². The van der Waals surface area contributed by atoms with Crippen molar-refractivity contribution in [3.8, 4) is 5.75 Å². The summed E-state index contributed by atoms with van der Waals surface area (Å²) in [6.07, 6.45) is 4.34. The number of hydrogen-bond acceptors (Lipinski definition) is 4. The molecule has 0 atom stereocenters. The predicted octanol–water partition coefficient (Wildman–Crippen LogP) is 3.19. The third kappa shape index (κ3) is 6.01. The van der Waals surface area contributed by atoms with Crippen LogP contribution in [0.4, 0.5) is 4.39 Å². The Morgan fingerprint density at radius 1 is 1.10 bits per heavy atom. The zero-order valence-corrected chi connectivity index (χ0v) is 16.6. The fraction of sp³-hybridized carbons (Fsp3) is 0.261. The van der Waals surface area contributed by atoms with Gasteiger partial charge in [0.1, 0.15) is 11.6 Å². The van der Waals surface area contributed by atoms with Crippen molar-refractivity contribution < 1.29 is 23.5 Å². The van der Waals surface area contributed by atoms with Gasteiger partial charge in [-0.25, -0.2) is 4.39 Å². The molecular formula is C23H23FN2O4. The van der Waals surface area contributed by atoms with E-state index >= 15 is 0 Å². The molecule has 1 fully saturated rings. The van der Waals surface area contributed by atoms with Crippen LogP contribution >= 0.6 is 0 Å². The number of carbonyl (C=O) groups excluding carboxylic acids is 3. The third-order valence-electron chi connectivity index (χ3n) is 4.77. The van der Waals surface area contributed by atoms with Gasteiger partial charge in [0.15, 0.2) is 0 Å². The molecule has 2 amide bonds. The lowest BCUT2D eigenvalue weighted by Gasteiger charge is -2.32. The Bertz CT molecular complexity index is 948. The van der Waals surface area contributed by atoms with Gasteiger partial charge in [0.2, 0.25) is 5.91 Å². The molecule has 156 valence electrons. The first-order valence-corrected chi connectivity index (χ1v) is 9.72. The summed E-state index contributed by atoms with van der Waals surface area (Å²) in [6.45, 7) is 2.34. The monoisotopic (exact) mass is 410 g/mol. The first-order chi connectivity index (χ1) is 14.4. The number of hydrogen-bond donors (Lipinski definition) is 1. The number of esters is 1. The average molecular weight is 410 g/mol. The Kier molecular flexibility index (Phi) is 6.95. The van der Waals surface area contributed by atoms with Crippen molar-refractivity contribution in [1.82, 2.24) is 10.2 Å². The number of benzene rings is 2. The highest BCUT2D eigenvalue weighted by molar-refractivity contribution is 5.95. The molecule has 0 unspecified atom stereocenters. The zero-order valence-electron chi connectivity index (χ0n) is 16.6. The van der Waals surface area contributed by atoms with Crippen LogP contribution in [-0.2, 0) is 9.59 Å².